The van der Waals surface area contributed by atoms with Crippen LogP contribution in [0, 0.1) is 42.3 Å². The van der Waals surface area contributed by atoms with E-state index in [1.165, 1.54) is 76.7 Å². The number of piperidine rings is 1. The SMILES string of the molecule is C#Cc1c(F)ccc2cccc(-c3ncc4c(N5CCCC(C)C5)nc(OCC5(CCCCCCC(C)CCC)CC5)nc4c3C)c12. The van der Waals surface area contributed by atoms with E-state index in [1.807, 2.05) is 31.3 Å². The highest BCUT2D eigenvalue weighted by atomic mass is 19.1. The van der Waals surface area contributed by atoms with Crippen LogP contribution in [-0.4, -0.2) is 34.6 Å². The topological polar surface area (TPSA) is 51.1 Å². The average Bonchev–Trinajstić information content (AvgIpc) is 3.85. The zero-order valence-electron chi connectivity index (χ0n) is 28.9. The van der Waals surface area contributed by atoms with E-state index in [2.05, 4.69) is 31.6 Å². The van der Waals surface area contributed by atoms with Crippen molar-refractivity contribution in [3.63, 3.8) is 0 Å². The van der Waals surface area contributed by atoms with E-state index in [0.29, 0.717) is 23.9 Å². The van der Waals surface area contributed by atoms with Crippen LogP contribution in [0.5, 0.6) is 6.01 Å². The average molecular weight is 635 g/mol. The van der Waals surface area contributed by atoms with Crippen LogP contribution in [0.15, 0.2) is 36.5 Å². The Bertz CT molecular complexity index is 1760. The van der Waals surface area contributed by atoms with Gasteiger partial charge in [-0.1, -0.05) is 95.9 Å². The fourth-order valence-electron chi connectivity index (χ4n) is 7.68. The zero-order valence-corrected chi connectivity index (χ0v) is 28.9. The van der Waals surface area contributed by atoms with Crippen molar-refractivity contribution in [1.82, 2.24) is 15.0 Å². The van der Waals surface area contributed by atoms with Gasteiger partial charge in [0.2, 0.25) is 0 Å². The fourth-order valence-corrected chi connectivity index (χ4v) is 7.68. The summed E-state index contributed by atoms with van der Waals surface area (Å²) in [7, 11) is 0. The van der Waals surface area contributed by atoms with Gasteiger partial charge in [-0.3, -0.25) is 4.98 Å². The van der Waals surface area contributed by atoms with Gasteiger partial charge in [0.15, 0.2) is 0 Å². The number of rotatable bonds is 14. The van der Waals surface area contributed by atoms with E-state index in [4.69, 9.17) is 26.1 Å². The smallest absolute Gasteiger partial charge is 0.318 e. The number of nitrogens with zero attached hydrogens (tertiary/aromatic N) is 4. The summed E-state index contributed by atoms with van der Waals surface area (Å²) in [6.45, 7) is 11.6. The largest absolute Gasteiger partial charge is 0.463 e. The maximum absolute atomic E-state index is 14.9. The second kappa shape index (κ2) is 14.6. The molecule has 1 aliphatic heterocycles. The molecule has 2 atom stereocenters. The molecule has 6 rings (SSSR count). The Labute approximate surface area is 280 Å². The number of fused-ring (bicyclic) bond motifs is 2. The minimum Gasteiger partial charge on any atom is -0.463 e. The first-order valence-corrected chi connectivity index (χ1v) is 18.1. The molecule has 0 radical (unpaired) electrons. The minimum atomic E-state index is -0.402. The molecule has 4 aromatic rings. The molecule has 2 fully saturated rings. The number of hydrogen-bond acceptors (Lipinski definition) is 5. The van der Waals surface area contributed by atoms with Crippen molar-refractivity contribution in [2.75, 3.05) is 24.6 Å². The van der Waals surface area contributed by atoms with E-state index in [-0.39, 0.29) is 11.0 Å². The van der Waals surface area contributed by atoms with Crippen LogP contribution >= 0.6 is 0 Å². The number of anilines is 1. The first-order chi connectivity index (χ1) is 22.8. The fraction of sp³-hybridized carbons (Fsp3) is 0.537. The van der Waals surface area contributed by atoms with Crippen molar-refractivity contribution in [2.45, 2.75) is 105 Å². The molecule has 2 unspecified atom stereocenters. The Hall–Kier alpha value is -3.72. The molecule has 47 heavy (non-hydrogen) atoms. The molecule has 0 amide bonds. The van der Waals surface area contributed by atoms with Crippen LogP contribution in [0.4, 0.5) is 10.2 Å². The van der Waals surface area contributed by atoms with Crippen LogP contribution in [0.3, 0.4) is 0 Å². The summed E-state index contributed by atoms with van der Waals surface area (Å²) < 4.78 is 21.4. The number of hydrogen-bond donors (Lipinski definition) is 0. The van der Waals surface area contributed by atoms with Gasteiger partial charge in [-0.25, -0.2) is 4.39 Å². The first-order valence-electron chi connectivity index (χ1n) is 18.1. The number of benzene rings is 2. The van der Waals surface area contributed by atoms with E-state index < -0.39 is 5.82 Å². The quantitative estimate of drug-likeness (QED) is 0.102. The summed E-state index contributed by atoms with van der Waals surface area (Å²) in [6, 6.07) is 9.55. The predicted molar refractivity (Wildman–Crippen MR) is 192 cm³/mol. The Morgan fingerprint density at radius 3 is 2.70 bits per heavy atom. The monoisotopic (exact) mass is 634 g/mol. The van der Waals surface area contributed by atoms with Gasteiger partial charge in [-0.2, -0.15) is 9.97 Å². The van der Waals surface area contributed by atoms with Gasteiger partial charge < -0.3 is 9.64 Å². The first kappa shape index (κ1) is 33.2. The third-order valence-corrected chi connectivity index (χ3v) is 10.7. The van der Waals surface area contributed by atoms with E-state index in [0.717, 1.165) is 64.4 Å². The van der Waals surface area contributed by atoms with Gasteiger partial charge in [-0.15, -0.1) is 6.42 Å². The van der Waals surface area contributed by atoms with Crippen molar-refractivity contribution in [3.05, 3.63) is 53.5 Å². The molecular formula is C41H51FN4O. The maximum Gasteiger partial charge on any atom is 0.318 e. The minimum absolute atomic E-state index is 0.255. The summed E-state index contributed by atoms with van der Waals surface area (Å²) in [5.41, 5.74) is 3.80. The van der Waals surface area contributed by atoms with Crippen molar-refractivity contribution in [3.8, 4) is 29.6 Å². The summed E-state index contributed by atoms with van der Waals surface area (Å²) in [6.07, 6.45) is 22.9. The lowest BCUT2D eigenvalue weighted by molar-refractivity contribution is 0.206. The Morgan fingerprint density at radius 1 is 1.11 bits per heavy atom. The molecule has 1 saturated carbocycles. The van der Waals surface area contributed by atoms with Crippen LogP contribution in [0.1, 0.15) is 109 Å². The molecule has 1 aliphatic carbocycles. The molecular weight excluding hydrogens is 583 g/mol. The molecule has 2 aromatic carbocycles. The third kappa shape index (κ3) is 7.40. The van der Waals surface area contributed by atoms with Crippen LogP contribution in [0.25, 0.3) is 32.9 Å². The second-order valence-corrected chi connectivity index (χ2v) is 14.6. The number of unbranched alkanes of at least 4 members (excludes halogenated alkanes) is 3. The normalized spacial score (nSPS) is 18.0. The Balaban J connectivity index is 1.27. The van der Waals surface area contributed by atoms with Crippen molar-refractivity contribution in [1.29, 1.82) is 0 Å². The van der Waals surface area contributed by atoms with Gasteiger partial charge in [0.25, 0.3) is 0 Å². The highest BCUT2D eigenvalue weighted by molar-refractivity contribution is 6.03. The number of aryl methyl sites for hydroxylation is 1. The summed E-state index contributed by atoms with van der Waals surface area (Å²) in [5, 5.41) is 2.51. The van der Waals surface area contributed by atoms with Crippen molar-refractivity contribution >= 4 is 27.5 Å². The molecule has 5 nitrogen and oxygen atoms in total. The highest BCUT2D eigenvalue weighted by Gasteiger charge is 2.43. The van der Waals surface area contributed by atoms with Gasteiger partial charge in [0.1, 0.15) is 11.6 Å². The molecule has 6 heteroatoms. The lowest BCUT2D eigenvalue weighted by atomic mass is 9.94. The Kier molecular flexibility index (Phi) is 10.3. The molecule has 0 N–H and O–H groups in total. The van der Waals surface area contributed by atoms with Crippen molar-refractivity contribution in [2.24, 2.45) is 17.3 Å². The van der Waals surface area contributed by atoms with Gasteiger partial charge in [0, 0.05) is 41.2 Å². The van der Waals surface area contributed by atoms with Crippen LogP contribution in [0.2, 0.25) is 0 Å². The van der Waals surface area contributed by atoms with E-state index >= 15 is 0 Å². The zero-order chi connectivity index (χ0) is 33.0. The van der Waals surface area contributed by atoms with Crippen LogP contribution < -0.4 is 9.64 Å². The van der Waals surface area contributed by atoms with Gasteiger partial charge in [0.05, 0.1) is 28.8 Å². The van der Waals surface area contributed by atoms with E-state index in [9.17, 15) is 4.39 Å². The standard InChI is InChI=1S/C41H51FN4O/c1-6-14-28(3)15-10-8-9-11-21-41(22-23-41)27-47-40-44-38-30(5)37(33-18-12-17-31-19-20-35(42)32(7-2)36(31)33)43-25-34(38)39(45-40)46-24-13-16-29(4)26-46/h2,12,17-20,25,28-29H,6,8-11,13-16,21-24,26-27H2,1,3-5H3. The molecule has 3 heterocycles. The van der Waals surface area contributed by atoms with E-state index in [1.54, 1.807) is 6.07 Å². The van der Waals surface area contributed by atoms with Gasteiger partial charge in [-0.05, 0) is 62.3 Å². The number of aromatic nitrogens is 3. The summed E-state index contributed by atoms with van der Waals surface area (Å²) >= 11 is 0. The number of terminal acetylenes is 1. The third-order valence-electron chi connectivity index (χ3n) is 10.7. The summed E-state index contributed by atoms with van der Waals surface area (Å²) in [5.74, 6) is 4.52. The van der Waals surface area contributed by atoms with Gasteiger partial charge >= 0.3 is 6.01 Å². The molecule has 0 bridgehead atoms. The molecule has 0 spiro atoms. The number of pyridine rings is 1. The highest BCUT2D eigenvalue weighted by Crippen LogP contribution is 2.50. The molecule has 248 valence electrons. The van der Waals surface area contributed by atoms with Crippen LogP contribution in [-0.2, 0) is 0 Å². The Morgan fingerprint density at radius 2 is 1.94 bits per heavy atom. The maximum atomic E-state index is 14.9. The number of halogens is 1. The molecule has 2 aliphatic rings. The summed E-state index contributed by atoms with van der Waals surface area (Å²) in [4.78, 5) is 17.4. The second-order valence-electron chi connectivity index (χ2n) is 14.6. The number of ether oxygens (including phenoxy) is 1. The molecule has 1 saturated heterocycles. The van der Waals surface area contributed by atoms with Crippen molar-refractivity contribution < 1.29 is 9.13 Å². The lowest BCUT2D eigenvalue weighted by Gasteiger charge is -2.32. The molecule has 2 aromatic heterocycles. The predicted octanol–water partition coefficient (Wildman–Crippen LogP) is 10.4. The lowest BCUT2D eigenvalue weighted by Crippen LogP contribution is -2.35.